The van der Waals surface area contributed by atoms with Crippen molar-refractivity contribution in [2.24, 2.45) is 5.16 Å². The molecule has 2 nitrogen and oxygen atoms in total. The van der Waals surface area contributed by atoms with Gasteiger partial charge in [-0.3, -0.25) is 0 Å². The van der Waals surface area contributed by atoms with Gasteiger partial charge in [-0.05, 0) is 31.2 Å². The molecule has 2 heteroatoms. The second-order valence-corrected chi connectivity index (χ2v) is 3.58. The highest BCUT2D eigenvalue weighted by Gasteiger charge is 2.13. The van der Waals surface area contributed by atoms with Gasteiger partial charge in [-0.25, -0.2) is 0 Å². The van der Waals surface area contributed by atoms with E-state index in [4.69, 9.17) is 4.84 Å². The highest BCUT2D eigenvalue weighted by Crippen LogP contribution is 2.20. The van der Waals surface area contributed by atoms with Gasteiger partial charge < -0.3 is 4.84 Å². The van der Waals surface area contributed by atoms with Gasteiger partial charge in [0.2, 0.25) is 0 Å². The van der Waals surface area contributed by atoms with Crippen molar-refractivity contribution in [1.29, 1.82) is 0 Å². The zero-order valence-electron chi connectivity index (χ0n) is 8.49. The van der Waals surface area contributed by atoms with E-state index in [2.05, 4.69) is 29.4 Å². The van der Waals surface area contributed by atoms with E-state index in [1.165, 1.54) is 30.4 Å². The van der Waals surface area contributed by atoms with Crippen molar-refractivity contribution in [2.75, 3.05) is 7.11 Å². The molecule has 0 atom stereocenters. The molecular formula is C12H15NO. The average molecular weight is 189 g/mol. The van der Waals surface area contributed by atoms with Crippen molar-refractivity contribution in [3.8, 4) is 0 Å². The lowest BCUT2D eigenvalue weighted by Crippen LogP contribution is -2.02. The van der Waals surface area contributed by atoms with Gasteiger partial charge in [0.05, 0.1) is 5.71 Å². The third-order valence-corrected chi connectivity index (χ3v) is 2.64. The molecule has 0 spiro atoms. The first-order chi connectivity index (χ1) is 6.92. The number of aryl methyl sites for hydroxylation is 1. The molecule has 0 saturated heterocycles. The summed E-state index contributed by atoms with van der Waals surface area (Å²) in [7, 11) is 1.61. The molecule has 0 N–H and O–H groups in total. The maximum Gasteiger partial charge on any atom is 0.106 e. The van der Waals surface area contributed by atoms with Gasteiger partial charge in [0.25, 0.3) is 0 Å². The van der Waals surface area contributed by atoms with E-state index in [1.54, 1.807) is 7.11 Å². The minimum Gasteiger partial charge on any atom is -0.399 e. The minimum atomic E-state index is 1.03. The summed E-state index contributed by atoms with van der Waals surface area (Å²) in [6.07, 6.45) is 4.65. The highest BCUT2D eigenvalue weighted by atomic mass is 16.6. The monoisotopic (exact) mass is 189 g/mol. The van der Waals surface area contributed by atoms with E-state index in [9.17, 15) is 0 Å². The van der Waals surface area contributed by atoms with E-state index >= 15 is 0 Å². The lowest BCUT2D eigenvalue weighted by atomic mass is 10.0. The summed E-state index contributed by atoms with van der Waals surface area (Å²) in [6, 6.07) is 8.48. The van der Waals surface area contributed by atoms with Gasteiger partial charge in [0.15, 0.2) is 0 Å². The van der Waals surface area contributed by atoms with E-state index < -0.39 is 0 Å². The van der Waals surface area contributed by atoms with Crippen molar-refractivity contribution >= 4 is 5.71 Å². The Balaban J connectivity index is 2.42. The first-order valence-electron chi connectivity index (χ1n) is 5.10. The molecule has 0 heterocycles. The van der Waals surface area contributed by atoms with Gasteiger partial charge in [0, 0.05) is 5.56 Å². The van der Waals surface area contributed by atoms with Gasteiger partial charge in [-0.15, -0.1) is 0 Å². The van der Waals surface area contributed by atoms with Crippen molar-refractivity contribution in [3.05, 3.63) is 35.4 Å². The lowest BCUT2D eigenvalue weighted by molar-refractivity contribution is 0.213. The maximum atomic E-state index is 4.88. The zero-order chi connectivity index (χ0) is 9.80. The molecule has 1 aromatic carbocycles. The predicted octanol–water partition coefficient (Wildman–Crippen LogP) is 2.76. The summed E-state index contributed by atoms with van der Waals surface area (Å²) < 4.78 is 0. The Kier molecular flexibility index (Phi) is 2.82. The number of rotatable bonds is 1. The molecule has 1 aliphatic carbocycles. The highest BCUT2D eigenvalue weighted by molar-refractivity contribution is 6.01. The van der Waals surface area contributed by atoms with E-state index in [0.29, 0.717) is 0 Å². The molecule has 74 valence electrons. The molecule has 0 aromatic heterocycles. The Morgan fingerprint density at radius 2 is 1.93 bits per heavy atom. The van der Waals surface area contributed by atoms with Crippen LogP contribution in [-0.4, -0.2) is 12.8 Å². The predicted molar refractivity (Wildman–Crippen MR) is 57.5 cm³/mol. The van der Waals surface area contributed by atoms with Crippen molar-refractivity contribution in [3.63, 3.8) is 0 Å². The van der Waals surface area contributed by atoms with Crippen molar-refractivity contribution in [1.82, 2.24) is 0 Å². The SMILES string of the molecule is CO/N=C1/CCCCc2ccccc21. The quantitative estimate of drug-likeness (QED) is 0.491. The number of fused-ring (bicyclic) bond motifs is 1. The Morgan fingerprint density at radius 1 is 1.14 bits per heavy atom. The zero-order valence-corrected chi connectivity index (χ0v) is 8.49. The number of nitrogens with zero attached hydrogens (tertiary/aromatic N) is 1. The van der Waals surface area contributed by atoms with Crippen LogP contribution in [-0.2, 0) is 11.3 Å². The van der Waals surface area contributed by atoms with E-state index in [0.717, 1.165) is 12.1 Å². The number of oxime groups is 1. The molecule has 0 aliphatic heterocycles. The van der Waals surface area contributed by atoms with Crippen LogP contribution < -0.4 is 0 Å². The van der Waals surface area contributed by atoms with Gasteiger partial charge >= 0.3 is 0 Å². The van der Waals surface area contributed by atoms with Crippen LogP contribution in [0.25, 0.3) is 0 Å². The van der Waals surface area contributed by atoms with Crippen LogP contribution in [0.4, 0.5) is 0 Å². The van der Waals surface area contributed by atoms with E-state index in [1.807, 2.05) is 0 Å². The number of hydrogen-bond acceptors (Lipinski definition) is 2. The summed E-state index contributed by atoms with van der Waals surface area (Å²) in [4.78, 5) is 4.88. The third kappa shape index (κ3) is 1.79. The molecule has 0 amide bonds. The van der Waals surface area contributed by atoms with Gasteiger partial charge in [-0.2, -0.15) is 0 Å². The fourth-order valence-corrected chi connectivity index (χ4v) is 1.97. The van der Waals surface area contributed by atoms with Gasteiger partial charge in [0.1, 0.15) is 7.11 Å². The van der Waals surface area contributed by atoms with Gasteiger partial charge in [-0.1, -0.05) is 29.4 Å². The molecule has 0 radical (unpaired) electrons. The van der Waals surface area contributed by atoms with E-state index in [-0.39, 0.29) is 0 Å². The standard InChI is InChI=1S/C12H15NO/c1-14-13-12-9-5-3-7-10-6-2-4-8-11(10)12/h2,4,6,8H,3,5,7,9H2,1H3/b13-12-. The summed E-state index contributed by atoms with van der Waals surface area (Å²) in [6.45, 7) is 0. The first kappa shape index (κ1) is 9.25. The molecule has 0 unspecified atom stereocenters. The van der Waals surface area contributed by atoms with Crippen molar-refractivity contribution in [2.45, 2.75) is 25.7 Å². The molecular weight excluding hydrogens is 174 g/mol. The summed E-state index contributed by atoms with van der Waals surface area (Å²) in [5, 5.41) is 4.10. The van der Waals surface area contributed by atoms with Crippen molar-refractivity contribution < 1.29 is 4.84 Å². The van der Waals surface area contributed by atoms with Crippen LogP contribution in [0.5, 0.6) is 0 Å². The smallest absolute Gasteiger partial charge is 0.106 e. The molecule has 1 aromatic rings. The maximum absolute atomic E-state index is 4.88. The first-order valence-corrected chi connectivity index (χ1v) is 5.10. The summed E-state index contributed by atoms with van der Waals surface area (Å²) in [5.74, 6) is 0. The Bertz CT molecular complexity index is 344. The Labute approximate surface area is 84.6 Å². The fraction of sp³-hybridized carbons (Fsp3) is 0.417. The second kappa shape index (κ2) is 4.27. The Hall–Kier alpha value is -1.31. The summed E-state index contributed by atoms with van der Waals surface area (Å²) >= 11 is 0. The molecule has 0 saturated carbocycles. The average Bonchev–Trinajstić information content (AvgIpc) is 2.42. The van der Waals surface area contributed by atoms with Crippen LogP contribution in [0.3, 0.4) is 0 Å². The second-order valence-electron chi connectivity index (χ2n) is 3.58. The molecule has 2 rings (SSSR count). The van der Waals surface area contributed by atoms with Crippen LogP contribution in [0.2, 0.25) is 0 Å². The topological polar surface area (TPSA) is 21.6 Å². The fourth-order valence-electron chi connectivity index (χ4n) is 1.97. The van der Waals surface area contributed by atoms with Crippen LogP contribution in [0, 0.1) is 0 Å². The normalized spacial score (nSPS) is 18.8. The molecule has 1 aliphatic rings. The Morgan fingerprint density at radius 3 is 2.79 bits per heavy atom. The van der Waals surface area contributed by atoms with Crippen LogP contribution in [0.15, 0.2) is 29.4 Å². The van der Waals surface area contributed by atoms with Crippen LogP contribution in [0.1, 0.15) is 30.4 Å². The minimum absolute atomic E-state index is 1.03. The number of hydrogen-bond donors (Lipinski definition) is 0. The lowest BCUT2D eigenvalue weighted by Gasteiger charge is -2.05. The summed E-state index contributed by atoms with van der Waals surface area (Å²) in [5.41, 5.74) is 3.77. The molecule has 14 heavy (non-hydrogen) atoms. The largest absolute Gasteiger partial charge is 0.399 e. The van der Waals surface area contributed by atoms with Crippen LogP contribution >= 0.6 is 0 Å². The molecule has 0 bridgehead atoms. The number of benzene rings is 1. The molecule has 0 fully saturated rings. The third-order valence-electron chi connectivity index (χ3n) is 2.64.